The van der Waals surface area contributed by atoms with Crippen LogP contribution in [0.5, 0.6) is 0 Å². The Morgan fingerprint density at radius 2 is 1.81 bits per heavy atom. The molecule has 26 heavy (non-hydrogen) atoms. The minimum Gasteiger partial charge on any atom is -0.322 e. The third-order valence-corrected chi connectivity index (χ3v) is 3.67. The molecule has 3 rings (SSSR count). The Hall–Kier alpha value is -3.23. The molecule has 0 unspecified atom stereocenters. The van der Waals surface area contributed by atoms with Crippen LogP contribution in [0.1, 0.15) is 12.5 Å². The van der Waals surface area contributed by atoms with Crippen molar-refractivity contribution in [3.8, 4) is 11.4 Å². The van der Waals surface area contributed by atoms with E-state index in [1.54, 1.807) is 0 Å². The molecule has 1 N–H and O–H groups in total. The summed E-state index contributed by atoms with van der Waals surface area (Å²) in [6.45, 7) is 1.68. The number of aromatic nitrogens is 4. The number of halogens is 3. The van der Waals surface area contributed by atoms with Gasteiger partial charge in [0.05, 0.1) is 5.69 Å². The van der Waals surface area contributed by atoms with E-state index in [0.29, 0.717) is 5.82 Å². The fourth-order valence-electron chi connectivity index (χ4n) is 2.26. The van der Waals surface area contributed by atoms with Gasteiger partial charge in [0, 0.05) is 5.56 Å². The van der Waals surface area contributed by atoms with Crippen LogP contribution in [0.25, 0.3) is 11.4 Å². The van der Waals surface area contributed by atoms with E-state index in [4.69, 9.17) is 0 Å². The minimum atomic E-state index is -1.65. The number of amides is 1. The van der Waals surface area contributed by atoms with Crippen molar-refractivity contribution in [2.75, 3.05) is 5.32 Å². The summed E-state index contributed by atoms with van der Waals surface area (Å²) < 4.78 is 39.6. The van der Waals surface area contributed by atoms with Crippen molar-refractivity contribution in [2.24, 2.45) is 0 Å². The molecular weight excluding hydrogens is 347 g/mol. The van der Waals surface area contributed by atoms with E-state index < -0.39 is 29.0 Å². The predicted molar refractivity (Wildman–Crippen MR) is 87.6 cm³/mol. The number of carbonyl (C=O) groups excluding carboxylic acids is 1. The lowest BCUT2D eigenvalue weighted by Gasteiger charge is -2.06. The molecule has 9 heteroatoms. The normalized spacial score (nSPS) is 10.8. The van der Waals surface area contributed by atoms with Crippen LogP contribution in [0.15, 0.2) is 36.4 Å². The largest absolute Gasteiger partial charge is 0.322 e. The topological polar surface area (TPSA) is 72.7 Å². The summed E-state index contributed by atoms with van der Waals surface area (Å²) in [5, 5.41) is 13.8. The summed E-state index contributed by atoms with van der Waals surface area (Å²) in [6, 6.07) is 9.22. The van der Waals surface area contributed by atoms with E-state index in [9.17, 15) is 18.0 Å². The van der Waals surface area contributed by atoms with Crippen molar-refractivity contribution in [1.29, 1.82) is 0 Å². The second-order valence-corrected chi connectivity index (χ2v) is 5.47. The van der Waals surface area contributed by atoms with Crippen molar-refractivity contribution >= 4 is 11.6 Å². The van der Waals surface area contributed by atoms with Crippen molar-refractivity contribution in [3.63, 3.8) is 0 Å². The van der Waals surface area contributed by atoms with Crippen LogP contribution in [0.3, 0.4) is 0 Å². The van der Waals surface area contributed by atoms with E-state index in [1.165, 1.54) is 0 Å². The van der Waals surface area contributed by atoms with Crippen LogP contribution in [0.4, 0.5) is 18.9 Å². The second-order valence-electron chi connectivity index (χ2n) is 5.47. The summed E-state index contributed by atoms with van der Waals surface area (Å²) in [5.74, 6) is -4.84. The van der Waals surface area contributed by atoms with Crippen LogP contribution < -0.4 is 5.32 Å². The lowest BCUT2D eigenvalue weighted by molar-refractivity contribution is -0.117. The Labute approximate surface area is 146 Å². The number of hydrogen-bond acceptors (Lipinski definition) is 4. The molecule has 0 radical (unpaired) electrons. The van der Waals surface area contributed by atoms with Crippen LogP contribution in [-0.4, -0.2) is 26.1 Å². The smallest absolute Gasteiger partial charge is 0.248 e. The first kappa shape index (κ1) is 17.6. The molecule has 3 aromatic rings. The van der Waals surface area contributed by atoms with Gasteiger partial charge in [0.25, 0.3) is 0 Å². The number of aryl methyl sites for hydroxylation is 1. The number of carbonyl (C=O) groups is 1. The number of nitrogens with one attached hydrogen (secondary N) is 1. The molecule has 0 bridgehead atoms. The summed E-state index contributed by atoms with van der Waals surface area (Å²) in [7, 11) is 0. The molecule has 1 aromatic heterocycles. The molecule has 2 aromatic carbocycles. The maximum absolute atomic E-state index is 13.6. The molecule has 134 valence electrons. The molecule has 0 aliphatic carbocycles. The Morgan fingerprint density at radius 3 is 2.50 bits per heavy atom. The first-order chi connectivity index (χ1) is 12.5. The SMILES string of the molecule is CCc1ccc(-c2nnn(CC(=O)Nc3ccc(F)c(F)c3F)n2)cc1. The third-order valence-electron chi connectivity index (χ3n) is 3.67. The van der Waals surface area contributed by atoms with Gasteiger partial charge in [-0.05, 0) is 29.3 Å². The van der Waals surface area contributed by atoms with Crippen molar-refractivity contribution in [3.05, 3.63) is 59.4 Å². The summed E-state index contributed by atoms with van der Waals surface area (Å²) in [5.41, 5.74) is 1.43. The zero-order valence-corrected chi connectivity index (χ0v) is 13.7. The molecule has 6 nitrogen and oxygen atoms in total. The van der Waals surface area contributed by atoms with Crippen LogP contribution in [0.2, 0.25) is 0 Å². The Morgan fingerprint density at radius 1 is 1.08 bits per heavy atom. The van der Waals surface area contributed by atoms with Gasteiger partial charge in [0.2, 0.25) is 11.7 Å². The van der Waals surface area contributed by atoms with E-state index in [1.807, 2.05) is 31.2 Å². The fraction of sp³-hybridized carbons (Fsp3) is 0.176. The van der Waals surface area contributed by atoms with Crippen LogP contribution in [-0.2, 0) is 17.8 Å². The highest BCUT2D eigenvalue weighted by molar-refractivity contribution is 5.90. The zero-order chi connectivity index (χ0) is 18.7. The van der Waals surface area contributed by atoms with E-state index in [2.05, 4.69) is 20.7 Å². The monoisotopic (exact) mass is 361 g/mol. The first-order valence-corrected chi connectivity index (χ1v) is 7.78. The molecule has 0 atom stereocenters. The van der Waals surface area contributed by atoms with Gasteiger partial charge in [-0.25, -0.2) is 13.2 Å². The lowest BCUT2D eigenvalue weighted by atomic mass is 10.1. The second kappa shape index (κ2) is 7.34. The Balaban J connectivity index is 1.69. The zero-order valence-electron chi connectivity index (χ0n) is 13.7. The Bertz CT molecular complexity index is 940. The number of hydrogen-bond donors (Lipinski definition) is 1. The Kier molecular flexibility index (Phi) is 4.97. The molecule has 0 saturated carbocycles. The number of anilines is 1. The molecule has 0 aliphatic rings. The maximum Gasteiger partial charge on any atom is 0.248 e. The average Bonchev–Trinajstić information content (AvgIpc) is 3.10. The van der Waals surface area contributed by atoms with Gasteiger partial charge in [-0.2, -0.15) is 4.80 Å². The number of tetrazole rings is 1. The highest BCUT2D eigenvalue weighted by Gasteiger charge is 2.16. The van der Waals surface area contributed by atoms with E-state index in [0.717, 1.165) is 34.5 Å². The molecule has 0 saturated heterocycles. The van der Waals surface area contributed by atoms with Crippen LogP contribution in [0, 0.1) is 17.5 Å². The lowest BCUT2D eigenvalue weighted by Crippen LogP contribution is -2.21. The number of benzene rings is 2. The van der Waals surface area contributed by atoms with Crippen molar-refractivity contribution < 1.29 is 18.0 Å². The van der Waals surface area contributed by atoms with E-state index in [-0.39, 0.29) is 6.54 Å². The van der Waals surface area contributed by atoms with E-state index >= 15 is 0 Å². The summed E-state index contributed by atoms with van der Waals surface area (Å²) in [6.07, 6.45) is 0.904. The molecule has 1 amide bonds. The highest BCUT2D eigenvalue weighted by Crippen LogP contribution is 2.19. The maximum atomic E-state index is 13.6. The molecule has 1 heterocycles. The van der Waals surface area contributed by atoms with Gasteiger partial charge in [0.1, 0.15) is 6.54 Å². The number of nitrogens with zero attached hydrogens (tertiary/aromatic N) is 4. The molecule has 0 aliphatic heterocycles. The molecule has 0 fully saturated rings. The van der Waals surface area contributed by atoms with Gasteiger partial charge in [0.15, 0.2) is 17.5 Å². The highest BCUT2D eigenvalue weighted by atomic mass is 19.2. The summed E-state index contributed by atoms with van der Waals surface area (Å²) in [4.78, 5) is 13.0. The van der Waals surface area contributed by atoms with Gasteiger partial charge in [-0.1, -0.05) is 31.2 Å². The quantitative estimate of drug-likeness (QED) is 0.709. The van der Waals surface area contributed by atoms with Gasteiger partial charge in [-0.15, -0.1) is 10.2 Å². The summed E-state index contributed by atoms with van der Waals surface area (Å²) >= 11 is 0. The minimum absolute atomic E-state index is 0.333. The third kappa shape index (κ3) is 3.71. The predicted octanol–water partition coefficient (Wildman–Crippen LogP) is 2.96. The first-order valence-electron chi connectivity index (χ1n) is 7.78. The standard InChI is InChI=1S/C17H14F3N5O/c1-2-10-3-5-11(6-4-10)17-22-24-25(23-17)9-14(26)21-13-8-7-12(18)15(19)16(13)20/h3-8H,2,9H2,1H3,(H,21,26). The number of rotatable bonds is 5. The average molecular weight is 361 g/mol. The molecule has 0 spiro atoms. The van der Waals surface area contributed by atoms with Gasteiger partial charge >= 0.3 is 0 Å². The van der Waals surface area contributed by atoms with Crippen molar-refractivity contribution in [2.45, 2.75) is 19.9 Å². The molecular formula is C17H14F3N5O. The fourth-order valence-corrected chi connectivity index (χ4v) is 2.26. The van der Waals surface area contributed by atoms with Crippen molar-refractivity contribution in [1.82, 2.24) is 20.2 Å². The van der Waals surface area contributed by atoms with Gasteiger partial charge in [-0.3, -0.25) is 4.79 Å². The van der Waals surface area contributed by atoms with Crippen LogP contribution >= 0.6 is 0 Å². The van der Waals surface area contributed by atoms with Gasteiger partial charge < -0.3 is 5.32 Å².